The summed E-state index contributed by atoms with van der Waals surface area (Å²) in [6, 6.07) is 10.1. The molecule has 1 atom stereocenters. The quantitative estimate of drug-likeness (QED) is 0.343. The van der Waals surface area contributed by atoms with Crippen molar-refractivity contribution in [1.29, 1.82) is 0 Å². The summed E-state index contributed by atoms with van der Waals surface area (Å²) in [6.07, 6.45) is 14.5. The van der Waals surface area contributed by atoms with Crippen molar-refractivity contribution in [3.05, 3.63) is 46.3 Å². The maximum absolute atomic E-state index is 8.87. The van der Waals surface area contributed by atoms with Crippen molar-refractivity contribution in [2.45, 2.75) is 89.4 Å². The van der Waals surface area contributed by atoms with Crippen LogP contribution in [0.25, 0.3) is 10.4 Å². The highest BCUT2D eigenvalue weighted by Gasteiger charge is 2.16. The zero-order chi connectivity index (χ0) is 16.9. The molecule has 24 heavy (non-hydrogen) atoms. The van der Waals surface area contributed by atoms with E-state index in [4.69, 9.17) is 10.3 Å². The van der Waals surface area contributed by atoms with E-state index >= 15 is 0 Å². The molecular formula is C20H31N3O. The van der Waals surface area contributed by atoms with Crippen LogP contribution in [0, 0.1) is 0 Å². The highest BCUT2D eigenvalue weighted by Crippen LogP contribution is 2.21. The summed E-state index contributed by atoms with van der Waals surface area (Å²) >= 11 is 0. The standard InChI is InChI=1S/C20H31N3O/c21-23-22-20(17-18-13-9-8-10-14-18)24-19-15-11-6-4-2-1-3-5-7-12-16-19/h8-10,13-14,19-20H,1-7,11-12,15-17H2. The number of hydrogen-bond acceptors (Lipinski definition) is 2. The van der Waals surface area contributed by atoms with Crippen molar-refractivity contribution in [2.24, 2.45) is 5.11 Å². The van der Waals surface area contributed by atoms with Crippen LogP contribution in [0.2, 0.25) is 0 Å². The van der Waals surface area contributed by atoms with Crippen LogP contribution in [0.5, 0.6) is 0 Å². The van der Waals surface area contributed by atoms with Crippen molar-refractivity contribution >= 4 is 0 Å². The fourth-order valence-corrected chi connectivity index (χ4v) is 3.47. The van der Waals surface area contributed by atoms with E-state index in [1.54, 1.807) is 0 Å². The Morgan fingerprint density at radius 1 is 0.917 bits per heavy atom. The second-order valence-corrected chi connectivity index (χ2v) is 6.87. The summed E-state index contributed by atoms with van der Waals surface area (Å²) in [6.45, 7) is 0. The first kappa shape index (κ1) is 18.8. The SMILES string of the molecule is [N-]=[N+]=NC(Cc1ccccc1)OC1CCCCCCCCCCC1. The first-order valence-corrected chi connectivity index (χ1v) is 9.62. The van der Waals surface area contributed by atoms with Crippen LogP contribution in [0.3, 0.4) is 0 Å². The third-order valence-corrected chi connectivity index (χ3v) is 4.84. The Morgan fingerprint density at radius 3 is 2.00 bits per heavy atom. The summed E-state index contributed by atoms with van der Waals surface area (Å²) < 4.78 is 6.22. The normalized spacial score (nSPS) is 19.5. The van der Waals surface area contributed by atoms with Gasteiger partial charge in [0.25, 0.3) is 0 Å². The van der Waals surface area contributed by atoms with E-state index in [-0.39, 0.29) is 6.10 Å². The third kappa shape index (κ3) is 7.85. The number of ether oxygens (including phenoxy) is 1. The summed E-state index contributed by atoms with van der Waals surface area (Å²) in [7, 11) is 0. The zero-order valence-corrected chi connectivity index (χ0v) is 14.8. The van der Waals surface area contributed by atoms with E-state index in [0.717, 1.165) is 18.4 Å². The average molecular weight is 329 g/mol. The highest BCUT2D eigenvalue weighted by molar-refractivity contribution is 5.15. The van der Waals surface area contributed by atoms with Gasteiger partial charge in [-0.1, -0.05) is 93.2 Å². The molecule has 0 heterocycles. The summed E-state index contributed by atoms with van der Waals surface area (Å²) in [5.41, 5.74) is 10.0. The molecule has 0 N–H and O–H groups in total. The molecule has 1 aromatic rings. The van der Waals surface area contributed by atoms with E-state index in [1.165, 1.54) is 57.8 Å². The molecule has 1 unspecified atom stereocenters. The largest absolute Gasteiger partial charge is 0.369 e. The molecule has 1 aliphatic rings. The Bertz CT molecular complexity index is 473. The van der Waals surface area contributed by atoms with Crippen LogP contribution in [-0.2, 0) is 11.2 Å². The van der Waals surface area contributed by atoms with Gasteiger partial charge in [0.05, 0.1) is 6.10 Å². The zero-order valence-electron chi connectivity index (χ0n) is 14.8. The minimum atomic E-state index is -0.393. The van der Waals surface area contributed by atoms with Gasteiger partial charge >= 0.3 is 0 Å². The summed E-state index contributed by atoms with van der Waals surface area (Å²) in [5.74, 6) is 0. The number of hydrogen-bond donors (Lipinski definition) is 0. The van der Waals surface area contributed by atoms with E-state index in [9.17, 15) is 0 Å². The van der Waals surface area contributed by atoms with Crippen molar-refractivity contribution in [1.82, 2.24) is 0 Å². The molecule has 0 radical (unpaired) electrons. The number of nitrogens with zero attached hydrogens (tertiary/aromatic N) is 3. The molecule has 4 nitrogen and oxygen atoms in total. The second kappa shape index (κ2) is 11.9. The van der Waals surface area contributed by atoms with Gasteiger partial charge in [0.2, 0.25) is 0 Å². The van der Waals surface area contributed by atoms with Gasteiger partial charge in [-0.2, -0.15) is 0 Å². The molecule has 0 spiro atoms. The number of azide groups is 1. The minimum Gasteiger partial charge on any atom is -0.369 e. The van der Waals surface area contributed by atoms with E-state index in [2.05, 4.69) is 22.2 Å². The van der Waals surface area contributed by atoms with Crippen molar-refractivity contribution in [3.8, 4) is 0 Å². The maximum Gasteiger partial charge on any atom is 0.140 e. The molecule has 0 aliphatic heterocycles. The molecule has 2 rings (SSSR count). The van der Waals surface area contributed by atoms with Crippen molar-refractivity contribution < 1.29 is 4.74 Å². The molecule has 132 valence electrons. The fourth-order valence-electron chi connectivity index (χ4n) is 3.47. The topological polar surface area (TPSA) is 58.0 Å². The Hall–Kier alpha value is -1.51. The summed E-state index contributed by atoms with van der Waals surface area (Å²) in [5, 5.41) is 3.90. The molecule has 0 bridgehead atoms. The lowest BCUT2D eigenvalue weighted by molar-refractivity contribution is -0.0188. The second-order valence-electron chi connectivity index (χ2n) is 6.87. The smallest absolute Gasteiger partial charge is 0.140 e. The predicted octanol–water partition coefficient (Wildman–Crippen LogP) is 6.56. The third-order valence-electron chi connectivity index (χ3n) is 4.84. The fraction of sp³-hybridized carbons (Fsp3) is 0.700. The van der Waals surface area contributed by atoms with Gasteiger partial charge in [0.15, 0.2) is 0 Å². The lowest BCUT2D eigenvalue weighted by Gasteiger charge is -2.23. The first-order chi connectivity index (χ1) is 11.9. The van der Waals surface area contributed by atoms with Crippen LogP contribution in [0.1, 0.15) is 76.2 Å². The minimum absolute atomic E-state index is 0.226. The molecule has 1 aliphatic carbocycles. The van der Waals surface area contributed by atoms with E-state index in [0.29, 0.717) is 6.42 Å². The number of benzene rings is 1. The van der Waals surface area contributed by atoms with Crippen LogP contribution >= 0.6 is 0 Å². The molecule has 0 amide bonds. The van der Waals surface area contributed by atoms with Crippen molar-refractivity contribution in [3.63, 3.8) is 0 Å². The average Bonchev–Trinajstić information content (AvgIpc) is 2.58. The lowest BCUT2D eigenvalue weighted by Crippen LogP contribution is -2.22. The van der Waals surface area contributed by atoms with E-state index in [1.807, 2.05) is 18.2 Å². The van der Waals surface area contributed by atoms with Gasteiger partial charge in [-0.25, -0.2) is 0 Å². The molecule has 0 aromatic heterocycles. The Kier molecular flexibility index (Phi) is 9.36. The number of rotatable bonds is 5. The molecule has 1 aromatic carbocycles. The first-order valence-electron chi connectivity index (χ1n) is 9.62. The predicted molar refractivity (Wildman–Crippen MR) is 98.7 cm³/mol. The van der Waals surface area contributed by atoms with Gasteiger partial charge < -0.3 is 4.74 Å². The van der Waals surface area contributed by atoms with Crippen molar-refractivity contribution in [2.75, 3.05) is 0 Å². The van der Waals surface area contributed by atoms with Gasteiger partial charge in [0.1, 0.15) is 6.23 Å². The monoisotopic (exact) mass is 329 g/mol. The van der Waals surface area contributed by atoms with Crippen LogP contribution in [-0.4, -0.2) is 12.3 Å². The van der Waals surface area contributed by atoms with Crippen LogP contribution in [0.15, 0.2) is 35.4 Å². The molecule has 1 fully saturated rings. The van der Waals surface area contributed by atoms with Gasteiger partial charge in [0, 0.05) is 11.3 Å². The van der Waals surface area contributed by atoms with Gasteiger partial charge in [-0.05, 0) is 23.9 Å². The molecule has 4 heteroatoms. The van der Waals surface area contributed by atoms with Crippen LogP contribution < -0.4 is 0 Å². The lowest BCUT2D eigenvalue weighted by atomic mass is 9.99. The molecule has 0 saturated heterocycles. The van der Waals surface area contributed by atoms with Gasteiger partial charge in [-0.15, -0.1) is 0 Å². The molecule has 1 saturated carbocycles. The molecular weight excluding hydrogens is 298 g/mol. The Labute approximate surface area is 146 Å². The summed E-state index contributed by atoms with van der Waals surface area (Å²) in [4.78, 5) is 3.00. The van der Waals surface area contributed by atoms with Gasteiger partial charge in [-0.3, -0.25) is 0 Å². The van der Waals surface area contributed by atoms with Crippen LogP contribution in [0.4, 0.5) is 0 Å². The Morgan fingerprint density at radius 2 is 1.46 bits per heavy atom. The van der Waals surface area contributed by atoms with E-state index < -0.39 is 6.23 Å². The maximum atomic E-state index is 8.87. The highest BCUT2D eigenvalue weighted by atomic mass is 16.5. The Balaban J connectivity index is 1.89.